The topological polar surface area (TPSA) is 52.6 Å². The molecule has 17 heavy (non-hydrogen) atoms. The maximum absolute atomic E-state index is 11.8. The third-order valence-electron chi connectivity index (χ3n) is 2.24. The summed E-state index contributed by atoms with van der Waals surface area (Å²) in [5.41, 5.74) is 0.479. The Morgan fingerprint density at radius 2 is 2.24 bits per heavy atom. The van der Waals surface area contributed by atoms with Crippen molar-refractivity contribution in [3.63, 3.8) is 0 Å². The van der Waals surface area contributed by atoms with Gasteiger partial charge < -0.3 is 0 Å². The van der Waals surface area contributed by atoms with Crippen LogP contribution >= 0.6 is 0 Å². The molecule has 5 heteroatoms. The van der Waals surface area contributed by atoms with Gasteiger partial charge >= 0.3 is 110 Å². The number of Topliss-reactive ketones (excluding diaryl/α,β-unsaturated/α-hetero) is 1. The summed E-state index contributed by atoms with van der Waals surface area (Å²) >= 11 is 0.0769. The molecule has 0 bridgehead atoms. The normalized spacial score (nSPS) is 17.8. The number of hydrogen-bond donors (Lipinski definition) is 0. The first-order valence-electron chi connectivity index (χ1n) is 5.13. The molecule has 1 fully saturated rings. The predicted molar refractivity (Wildman–Crippen MR) is 56.7 cm³/mol. The molecular weight excluding hydrogens is 335 g/mol. The van der Waals surface area contributed by atoms with Gasteiger partial charge in [-0.25, -0.2) is 0 Å². The van der Waals surface area contributed by atoms with E-state index in [1.807, 2.05) is 0 Å². The fraction of sp³-hybridized carbons (Fsp3) is 0.333. The number of benzene rings is 1. The molecule has 0 aliphatic carbocycles. The van der Waals surface area contributed by atoms with Crippen molar-refractivity contribution in [2.45, 2.75) is 10.5 Å². The zero-order valence-electron chi connectivity index (χ0n) is 9.31. The fourth-order valence-corrected chi connectivity index (χ4v) is 2.16. The predicted octanol–water partition coefficient (Wildman–Crippen LogP) is -1.76. The summed E-state index contributed by atoms with van der Waals surface area (Å²) in [6.45, 7) is 0. The fourth-order valence-electron chi connectivity index (χ4n) is 1.31. The summed E-state index contributed by atoms with van der Waals surface area (Å²) in [6, 6.07) is 6.77. The molecule has 1 saturated heterocycles. The Labute approximate surface area is 110 Å². The van der Waals surface area contributed by atoms with Crippen LogP contribution in [0.1, 0.15) is 16.8 Å². The van der Waals surface area contributed by atoms with Crippen LogP contribution in [-0.4, -0.2) is 27.4 Å². The molecule has 0 N–H and O–H groups in total. The molecule has 1 aromatic carbocycles. The van der Waals surface area contributed by atoms with Crippen LogP contribution in [0.5, 0.6) is 5.75 Å². The van der Waals surface area contributed by atoms with Crippen molar-refractivity contribution in [1.29, 1.82) is 0 Å². The van der Waals surface area contributed by atoms with E-state index >= 15 is 0 Å². The first kappa shape index (κ1) is 12.3. The van der Waals surface area contributed by atoms with Gasteiger partial charge in [0.1, 0.15) is 0 Å². The number of methoxy groups -OCH3 is 1. The van der Waals surface area contributed by atoms with Gasteiger partial charge in [0.05, 0.1) is 0 Å². The Morgan fingerprint density at radius 3 is 2.88 bits per heavy atom. The van der Waals surface area contributed by atoms with Crippen LogP contribution < -0.4 is 25.9 Å². The minimum atomic E-state index is -0.417. The molecule has 1 aromatic rings. The molecule has 0 amide bonds. The second-order valence-electron chi connectivity index (χ2n) is 3.54. The zero-order chi connectivity index (χ0) is 12.3. The molecule has 1 aliphatic rings. The molecule has 0 saturated carbocycles. The molecule has 1 unspecified atom stereocenters. The van der Waals surface area contributed by atoms with E-state index in [2.05, 4.69) is 0 Å². The van der Waals surface area contributed by atoms with Crippen LogP contribution in [0.2, 0.25) is 0 Å². The van der Waals surface area contributed by atoms with Gasteiger partial charge in [0.15, 0.2) is 0 Å². The summed E-state index contributed by atoms with van der Waals surface area (Å²) in [5.74, 6) is -0.0370. The number of hydrogen-bond acceptors (Lipinski definition) is 4. The molecule has 92 valence electrons. The second-order valence-corrected chi connectivity index (χ2v) is 6.69. The van der Waals surface area contributed by atoms with E-state index in [1.54, 1.807) is 24.3 Å². The summed E-state index contributed by atoms with van der Waals surface area (Å²) in [5, 5.41) is 0. The van der Waals surface area contributed by atoms with Crippen LogP contribution in [0.3, 0.4) is 0 Å². The number of carbonyl (C=O) groups excluding carboxylic acids is 2. The van der Waals surface area contributed by atoms with E-state index in [-0.39, 0.29) is 37.5 Å². The Hall–Kier alpha value is -1.11. The molecule has 0 aromatic heterocycles. The molecular formula is C12H12IO4-. The molecule has 0 spiro atoms. The average molecular weight is 347 g/mol. The van der Waals surface area contributed by atoms with Crippen LogP contribution in [0.25, 0.3) is 0 Å². The van der Waals surface area contributed by atoms with Crippen molar-refractivity contribution >= 4 is 11.8 Å². The van der Waals surface area contributed by atoms with Gasteiger partial charge in [0.2, 0.25) is 0 Å². The number of esters is 1. The standard InChI is InChI=1S/C12H12IO4/c1-16-9-4-2-3-8(5-9)10(14)6-12(15)17-11-7-13-11/h2-5,11H,6-7H2,1H3/q-1. The van der Waals surface area contributed by atoms with E-state index < -0.39 is 5.97 Å². The third-order valence-corrected chi connectivity index (χ3v) is 4.09. The first-order valence-corrected chi connectivity index (χ1v) is 7.90. The van der Waals surface area contributed by atoms with E-state index in [0.29, 0.717) is 11.3 Å². The first-order chi connectivity index (χ1) is 8.19. The van der Waals surface area contributed by atoms with Crippen LogP contribution in [0.4, 0.5) is 0 Å². The Bertz CT molecular complexity index is 440. The molecule has 0 radical (unpaired) electrons. The van der Waals surface area contributed by atoms with Gasteiger partial charge in [-0.15, -0.1) is 0 Å². The summed E-state index contributed by atoms with van der Waals surface area (Å²) in [7, 11) is 1.54. The SMILES string of the molecule is COc1cccc(C(=O)CC(=O)OC2C[I-]2)c1. The number of ketones is 1. The second kappa shape index (κ2) is 5.48. The van der Waals surface area contributed by atoms with Gasteiger partial charge in [-0.2, -0.15) is 0 Å². The minimum absolute atomic E-state index is 0.0769. The van der Waals surface area contributed by atoms with E-state index in [4.69, 9.17) is 9.47 Å². The van der Waals surface area contributed by atoms with Crippen LogP contribution in [-0.2, 0) is 9.53 Å². The van der Waals surface area contributed by atoms with Crippen molar-refractivity contribution in [2.75, 3.05) is 11.5 Å². The van der Waals surface area contributed by atoms with E-state index in [1.165, 1.54) is 7.11 Å². The van der Waals surface area contributed by atoms with Crippen LogP contribution in [0, 0.1) is 0 Å². The number of ether oxygens (including phenoxy) is 2. The molecule has 4 nitrogen and oxygen atoms in total. The quantitative estimate of drug-likeness (QED) is 0.208. The Morgan fingerprint density at radius 1 is 1.47 bits per heavy atom. The molecule has 1 aliphatic heterocycles. The van der Waals surface area contributed by atoms with Crippen molar-refractivity contribution in [1.82, 2.24) is 0 Å². The monoisotopic (exact) mass is 347 g/mol. The van der Waals surface area contributed by atoms with Crippen LogP contribution in [0.15, 0.2) is 24.3 Å². The Kier molecular flexibility index (Phi) is 3.98. The number of alkyl halides is 2. The van der Waals surface area contributed by atoms with Gasteiger partial charge in [-0.3, -0.25) is 0 Å². The summed E-state index contributed by atoms with van der Waals surface area (Å²) in [4.78, 5) is 23.2. The van der Waals surface area contributed by atoms with E-state index in [0.717, 1.165) is 4.43 Å². The number of carbonyl (C=O) groups is 2. The average Bonchev–Trinajstić information content (AvgIpc) is 3.12. The third kappa shape index (κ3) is 3.69. The van der Waals surface area contributed by atoms with Crippen molar-refractivity contribution < 1.29 is 40.3 Å². The zero-order valence-corrected chi connectivity index (χ0v) is 11.5. The van der Waals surface area contributed by atoms with Crippen molar-refractivity contribution in [3.8, 4) is 5.75 Å². The molecule has 1 heterocycles. The maximum atomic E-state index is 11.8. The van der Waals surface area contributed by atoms with Gasteiger partial charge in [-0.1, -0.05) is 0 Å². The Balaban J connectivity index is 1.95. The summed E-state index contributed by atoms with van der Waals surface area (Å²) in [6.07, 6.45) is -0.187. The van der Waals surface area contributed by atoms with Crippen molar-refractivity contribution in [2.24, 2.45) is 0 Å². The van der Waals surface area contributed by atoms with Crippen molar-refractivity contribution in [3.05, 3.63) is 29.8 Å². The van der Waals surface area contributed by atoms with E-state index in [9.17, 15) is 9.59 Å². The van der Waals surface area contributed by atoms with Gasteiger partial charge in [0, 0.05) is 0 Å². The molecule has 1 atom stereocenters. The summed E-state index contributed by atoms with van der Waals surface area (Å²) < 4.78 is 11.3. The molecule has 2 rings (SSSR count). The number of rotatable bonds is 5. The van der Waals surface area contributed by atoms with Gasteiger partial charge in [0.25, 0.3) is 0 Å². The van der Waals surface area contributed by atoms with Gasteiger partial charge in [-0.05, 0) is 0 Å². The number of halogens is 1.